The topological polar surface area (TPSA) is 79.9 Å². The molecule has 0 radical (unpaired) electrons. The van der Waals surface area contributed by atoms with Crippen molar-refractivity contribution in [2.45, 2.75) is 45.1 Å². The van der Waals surface area contributed by atoms with Gasteiger partial charge in [-0.3, -0.25) is 4.90 Å². The van der Waals surface area contributed by atoms with Gasteiger partial charge in [0.15, 0.2) is 0 Å². The lowest BCUT2D eigenvalue weighted by Gasteiger charge is -2.30. The molecule has 0 bridgehead atoms. The second-order valence-corrected chi connectivity index (χ2v) is 11.8. The summed E-state index contributed by atoms with van der Waals surface area (Å²) in [6.07, 6.45) is 0.439. The van der Waals surface area contributed by atoms with Crippen molar-refractivity contribution in [1.29, 1.82) is 0 Å². The molecule has 2 heterocycles. The minimum atomic E-state index is -0.438. The van der Waals surface area contributed by atoms with Crippen LogP contribution < -0.4 is 10.6 Å². The fourth-order valence-electron chi connectivity index (χ4n) is 4.56. The molecule has 2 N–H and O–H groups in total. The smallest absolute Gasteiger partial charge is 0.407 e. The van der Waals surface area contributed by atoms with Gasteiger partial charge in [-0.1, -0.05) is 79.7 Å². The number of benzene rings is 2. The maximum atomic E-state index is 12.8. The van der Waals surface area contributed by atoms with E-state index < -0.39 is 12.2 Å². The molecule has 0 aliphatic heterocycles. The Labute approximate surface area is 250 Å². The quantitative estimate of drug-likeness (QED) is 0.165. The van der Waals surface area contributed by atoms with E-state index in [1.54, 1.807) is 22.7 Å². The van der Waals surface area contributed by atoms with Crippen molar-refractivity contribution in [1.82, 2.24) is 15.5 Å². The van der Waals surface area contributed by atoms with Crippen LogP contribution in [0.5, 0.6) is 0 Å². The van der Waals surface area contributed by atoms with Crippen molar-refractivity contribution in [3.63, 3.8) is 0 Å². The first-order valence-electron chi connectivity index (χ1n) is 13.8. The van der Waals surface area contributed by atoms with Gasteiger partial charge >= 0.3 is 12.2 Å². The Kier molecular flexibility index (Phi) is 12.2. The first-order chi connectivity index (χ1) is 20.1. The third-order valence-electron chi connectivity index (χ3n) is 6.55. The molecule has 2 atom stereocenters. The van der Waals surface area contributed by atoms with Crippen LogP contribution >= 0.6 is 22.7 Å². The van der Waals surface area contributed by atoms with Gasteiger partial charge in [-0.15, -0.1) is 22.7 Å². The van der Waals surface area contributed by atoms with E-state index in [1.807, 2.05) is 71.4 Å². The first kappa shape index (κ1) is 30.3. The summed E-state index contributed by atoms with van der Waals surface area (Å²) in [7, 11) is 0. The zero-order chi connectivity index (χ0) is 28.7. The predicted octanol–water partition coefficient (Wildman–Crippen LogP) is 6.51. The van der Waals surface area contributed by atoms with Crippen LogP contribution in [-0.4, -0.2) is 48.8 Å². The average Bonchev–Trinajstić information content (AvgIpc) is 3.70. The summed E-state index contributed by atoms with van der Waals surface area (Å²) in [4.78, 5) is 29.8. The number of alkyl carbamates (subject to hydrolysis) is 2. The molecule has 9 heteroatoms. The summed E-state index contributed by atoms with van der Waals surface area (Å²) < 4.78 is 11.0. The van der Waals surface area contributed by atoms with Gasteiger partial charge < -0.3 is 20.1 Å². The fraction of sp³-hybridized carbons (Fsp3) is 0.312. The number of nitrogens with zero attached hydrogens (tertiary/aromatic N) is 1. The Morgan fingerprint density at radius 2 is 1.12 bits per heavy atom. The Hall–Kier alpha value is -3.66. The van der Waals surface area contributed by atoms with E-state index in [2.05, 4.69) is 46.7 Å². The molecule has 0 aliphatic carbocycles. The number of likely N-dealkylation sites (N-methyl/N-ethyl adjacent to an activating group) is 1. The van der Waals surface area contributed by atoms with Crippen LogP contribution in [0, 0.1) is 0 Å². The summed E-state index contributed by atoms with van der Waals surface area (Å²) in [6, 6.07) is 27.6. The molecule has 4 aromatic rings. The summed E-state index contributed by atoms with van der Waals surface area (Å²) in [5.41, 5.74) is 2.26. The molecule has 0 saturated carbocycles. The monoisotopic (exact) mass is 591 g/mol. The lowest BCUT2D eigenvalue weighted by Crippen LogP contribution is -2.50. The number of thiophene rings is 2. The van der Waals surface area contributed by atoms with Crippen molar-refractivity contribution < 1.29 is 19.1 Å². The highest BCUT2D eigenvalue weighted by molar-refractivity contribution is 7.10. The van der Waals surface area contributed by atoms with Gasteiger partial charge in [0.05, 0.1) is 0 Å². The number of carbonyl (C=O) groups is 2. The molecule has 216 valence electrons. The van der Waals surface area contributed by atoms with Crippen molar-refractivity contribution in [3.8, 4) is 0 Å². The zero-order valence-corrected chi connectivity index (χ0v) is 24.9. The fourth-order valence-corrected chi connectivity index (χ4v) is 5.79. The van der Waals surface area contributed by atoms with Crippen LogP contribution in [0.3, 0.4) is 0 Å². The first-order valence-corrected chi connectivity index (χ1v) is 15.5. The normalized spacial score (nSPS) is 12.4. The number of hydrogen-bond acceptors (Lipinski definition) is 7. The lowest BCUT2D eigenvalue weighted by molar-refractivity contribution is 0.127. The van der Waals surface area contributed by atoms with E-state index in [9.17, 15) is 9.59 Å². The molecule has 0 unspecified atom stereocenters. The minimum Gasteiger partial charge on any atom is -0.444 e. The summed E-state index contributed by atoms with van der Waals surface area (Å²) >= 11 is 3.12. The van der Waals surface area contributed by atoms with Gasteiger partial charge in [0, 0.05) is 34.9 Å². The second kappa shape index (κ2) is 16.6. The standard InChI is InChI=1S/C32H37N3O4S2/c1-2-35(21-27(19-25-11-5-3-6-12-25)33-31(36)38-23-29-15-9-17-40-29)22-28(20-26-13-7-4-8-14-26)34-32(37)39-24-30-16-10-18-41-30/h3-18,27-28H,2,19-24H2,1H3,(H,33,36)(H,34,37)/t27-,28-/m0/s1. The van der Waals surface area contributed by atoms with Crippen LogP contribution in [0.4, 0.5) is 9.59 Å². The van der Waals surface area contributed by atoms with Crippen molar-refractivity contribution in [3.05, 3.63) is 117 Å². The molecule has 2 aromatic heterocycles. The Morgan fingerprint density at radius 3 is 1.49 bits per heavy atom. The average molecular weight is 592 g/mol. The van der Waals surface area contributed by atoms with E-state index in [4.69, 9.17) is 9.47 Å². The molecular formula is C32H37N3O4S2. The van der Waals surface area contributed by atoms with E-state index in [1.165, 1.54) is 0 Å². The van der Waals surface area contributed by atoms with E-state index in [0.717, 1.165) is 27.4 Å². The minimum absolute atomic E-state index is 0.184. The highest BCUT2D eigenvalue weighted by Gasteiger charge is 2.22. The Bertz CT molecular complexity index is 1190. The van der Waals surface area contributed by atoms with Gasteiger partial charge in [0.2, 0.25) is 0 Å². The maximum Gasteiger partial charge on any atom is 0.407 e. The molecule has 41 heavy (non-hydrogen) atoms. The van der Waals surface area contributed by atoms with Gasteiger partial charge in [0.1, 0.15) is 13.2 Å². The highest BCUT2D eigenvalue weighted by Crippen LogP contribution is 2.13. The number of ether oxygens (including phenoxy) is 2. The maximum absolute atomic E-state index is 12.8. The van der Waals surface area contributed by atoms with E-state index in [0.29, 0.717) is 25.9 Å². The van der Waals surface area contributed by atoms with Crippen LogP contribution in [0.15, 0.2) is 95.7 Å². The van der Waals surface area contributed by atoms with Gasteiger partial charge in [-0.25, -0.2) is 9.59 Å². The van der Waals surface area contributed by atoms with Crippen LogP contribution in [0.2, 0.25) is 0 Å². The zero-order valence-electron chi connectivity index (χ0n) is 23.2. The Morgan fingerprint density at radius 1 is 0.683 bits per heavy atom. The molecule has 4 rings (SSSR count). The third-order valence-corrected chi connectivity index (χ3v) is 8.25. The van der Waals surface area contributed by atoms with Crippen LogP contribution in [0.25, 0.3) is 0 Å². The predicted molar refractivity (Wildman–Crippen MR) is 165 cm³/mol. The summed E-state index contributed by atoms with van der Waals surface area (Å²) in [6.45, 7) is 4.51. The van der Waals surface area contributed by atoms with E-state index >= 15 is 0 Å². The van der Waals surface area contributed by atoms with Crippen LogP contribution in [-0.2, 0) is 35.5 Å². The number of amides is 2. The third kappa shape index (κ3) is 11.0. The highest BCUT2D eigenvalue weighted by atomic mass is 32.1. The molecule has 0 spiro atoms. The molecule has 7 nitrogen and oxygen atoms in total. The number of hydrogen-bond donors (Lipinski definition) is 2. The molecular weight excluding hydrogens is 555 g/mol. The van der Waals surface area contributed by atoms with Crippen molar-refractivity contribution in [2.24, 2.45) is 0 Å². The van der Waals surface area contributed by atoms with Gasteiger partial charge in [-0.2, -0.15) is 0 Å². The number of nitrogens with one attached hydrogen (secondary N) is 2. The number of carbonyl (C=O) groups excluding carboxylic acids is 2. The Balaban J connectivity index is 1.41. The van der Waals surface area contributed by atoms with Crippen LogP contribution in [0.1, 0.15) is 27.8 Å². The van der Waals surface area contributed by atoms with Gasteiger partial charge in [0.25, 0.3) is 0 Å². The molecule has 0 fully saturated rings. The van der Waals surface area contributed by atoms with E-state index in [-0.39, 0.29) is 25.3 Å². The molecule has 2 amide bonds. The number of rotatable bonds is 15. The SMILES string of the molecule is CCN(C[C@H](Cc1ccccc1)NC(=O)OCc1cccs1)C[C@H](Cc1ccccc1)NC(=O)OCc1cccs1. The van der Waals surface area contributed by atoms with Crippen molar-refractivity contribution in [2.75, 3.05) is 19.6 Å². The molecule has 2 aromatic carbocycles. The second-order valence-electron chi connectivity index (χ2n) is 9.73. The molecule has 0 saturated heterocycles. The van der Waals surface area contributed by atoms with Gasteiger partial charge in [-0.05, 0) is 53.4 Å². The summed E-state index contributed by atoms with van der Waals surface area (Å²) in [5.74, 6) is 0. The largest absolute Gasteiger partial charge is 0.444 e. The molecule has 0 aliphatic rings. The van der Waals surface area contributed by atoms with Crippen molar-refractivity contribution >= 4 is 34.9 Å². The summed E-state index contributed by atoms with van der Waals surface area (Å²) in [5, 5.41) is 10.1. The lowest BCUT2D eigenvalue weighted by atomic mass is 10.0.